The predicted octanol–water partition coefficient (Wildman–Crippen LogP) is 0.810. The molecule has 13 heavy (non-hydrogen) atoms. The minimum absolute atomic E-state index is 0.264. The third-order valence-corrected chi connectivity index (χ3v) is 2.87. The van der Waals surface area contributed by atoms with E-state index in [1.54, 1.807) is 0 Å². The molecule has 0 N–H and O–H groups in total. The molecule has 3 nitrogen and oxygen atoms in total. The molecule has 0 saturated carbocycles. The minimum Gasteiger partial charge on any atom is -0.379 e. The van der Waals surface area contributed by atoms with Gasteiger partial charge in [-0.05, 0) is 6.42 Å². The highest BCUT2D eigenvalue weighted by Gasteiger charge is 2.34. The maximum atomic E-state index is 11.6. The molecule has 1 amide bonds. The van der Waals surface area contributed by atoms with Crippen LogP contribution < -0.4 is 0 Å². The number of rotatable bonds is 2. The summed E-state index contributed by atoms with van der Waals surface area (Å²) < 4.78 is 5.27. The molecule has 2 fully saturated rings. The number of nitrogens with zero attached hydrogens (tertiary/aromatic N) is 1. The molecule has 3 heteroatoms. The smallest absolute Gasteiger partial charge is 0.223 e. The maximum absolute atomic E-state index is 11.6. The topological polar surface area (TPSA) is 29.5 Å². The molecule has 2 rings (SSSR count). The highest BCUT2D eigenvalue weighted by Crippen LogP contribution is 2.24. The van der Waals surface area contributed by atoms with Gasteiger partial charge in [-0.2, -0.15) is 0 Å². The van der Waals surface area contributed by atoms with Crippen LogP contribution in [0.5, 0.6) is 0 Å². The fourth-order valence-corrected chi connectivity index (χ4v) is 2.04. The van der Waals surface area contributed by atoms with E-state index >= 15 is 0 Å². The molecule has 0 bridgehead atoms. The first kappa shape index (κ1) is 8.75. The molecule has 72 valence electrons. The summed E-state index contributed by atoms with van der Waals surface area (Å²) >= 11 is 0. The van der Waals surface area contributed by atoms with Crippen LogP contribution in [0.2, 0.25) is 0 Å². The molecule has 0 aliphatic carbocycles. The Morgan fingerprint density at radius 3 is 3.00 bits per heavy atom. The average molecular weight is 181 g/mol. The number of hydrogen-bond donors (Lipinski definition) is 0. The van der Waals surface area contributed by atoms with Crippen LogP contribution in [0.3, 0.4) is 0 Å². The lowest BCUT2D eigenvalue weighted by molar-refractivity contribution is -0.129. The number of hydrogen-bond acceptors (Lipinski definition) is 2. The van der Waals surface area contributed by atoms with Crippen molar-refractivity contribution in [3.05, 3.63) is 12.7 Å². The van der Waals surface area contributed by atoms with Crippen LogP contribution in [0.15, 0.2) is 12.7 Å². The Kier molecular flexibility index (Phi) is 2.36. The molecule has 0 aromatic heterocycles. The number of likely N-dealkylation sites (tertiary alicyclic amines) is 1. The lowest BCUT2D eigenvalue weighted by Gasteiger charge is -2.22. The number of carbonyl (C=O) groups is 1. The summed E-state index contributed by atoms with van der Waals surface area (Å²) in [5, 5.41) is 0. The van der Waals surface area contributed by atoms with Gasteiger partial charge < -0.3 is 9.64 Å². The Hall–Kier alpha value is -0.830. The van der Waals surface area contributed by atoms with Crippen molar-refractivity contribution >= 4 is 5.91 Å². The summed E-state index contributed by atoms with van der Waals surface area (Å²) in [6.45, 7) is 6.09. The third-order valence-electron chi connectivity index (χ3n) is 2.87. The van der Waals surface area contributed by atoms with Crippen molar-refractivity contribution in [3.8, 4) is 0 Å². The quantitative estimate of drug-likeness (QED) is 0.590. The molecule has 2 aliphatic heterocycles. The van der Waals surface area contributed by atoms with Crippen molar-refractivity contribution < 1.29 is 9.53 Å². The standard InChI is InChI=1S/C10H15NO2/c1-2-8-5-10(12)11(6-8)9-3-4-13-7-9/h2,8-9H,1,3-7H2/t8?,9-/m1/s1. The molecule has 1 unspecified atom stereocenters. The largest absolute Gasteiger partial charge is 0.379 e. The summed E-state index contributed by atoms with van der Waals surface area (Å²) in [6, 6.07) is 0.331. The first-order valence-corrected chi connectivity index (χ1v) is 4.81. The molecule has 0 aromatic rings. The second-order valence-electron chi connectivity index (χ2n) is 3.76. The average Bonchev–Trinajstić information content (AvgIpc) is 2.72. The SMILES string of the molecule is C=CC1CC(=O)N([C@@H]2CCOC2)C1. The van der Waals surface area contributed by atoms with Crippen LogP contribution in [0.25, 0.3) is 0 Å². The van der Waals surface area contributed by atoms with Gasteiger partial charge in [-0.15, -0.1) is 6.58 Å². The van der Waals surface area contributed by atoms with Gasteiger partial charge in [0.25, 0.3) is 0 Å². The Balaban J connectivity index is 1.99. The molecular formula is C10H15NO2. The van der Waals surface area contributed by atoms with Crippen LogP contribution in [0.4, 0.5) is 0 Å². The van der Waals surface area contributed by atoms with Crippen molar-refractivity contribution in [3.63, 3.8) is 0 Å². The van der Waals surface area contributed by atoms with E-state index < -0.39 is 0 Å². The van der Waals surface area contributed by atoms with Crippen molar-refractivity contribution in [1.29, 1.82) is 0 Å². The second-order valence-corrected chi connectivity index (χ2v) is 3.76. The van der Waals surface area contributed by atoms with Crippen molar-refractivity contribution in [2.75, 3.05) is 19.8 Å². The van der Waals surface area contributed by atoms with Gasteiger partial charge in [0, 0.05) is 25.5 Å². The van der Waals surface area contributed by atoms with E-state index in [-0.39, 0.29) is 5.91 Å². The summed E-state index contributed by atoms with van der Waals surface area (Å²) in [5.74, 6) is 0.619. The van der Waals surface area contributed by atoms with Gasteiger partial charge in [0.1, 0.15) is 0 Å². The lowest BCUT2D eigenvalue weighted by Crippen LogP contribution is -2.36. The van der Waals surface area contributed by atoms with E-state index in [0.29, 0.717) is 18.4 Å². The van der Waals surface area contributed by atoms with Gasteiger partial charge in [0.2, 0.25) is 5.91 Å². The van der Waals surface area contributed by atoms with E-state index in [2.05, 4.69) is 6.58 Å². The summed E-state index contributed by atoms with van der Waals surface area (Å²) in [5.41, 5.74) is 0. The summed E-state index contributed by atoms with van der Waals surface area (Å²) in [4.78, 5) is 13.5. The van der Waals surface area contributed by atoms with Gasteiger partial charge >= 0.3 is 0 Å². The van der Waals surface area contributed by atoms with Gasteiger partial charge in [-0.1, -0.05) is 6.08 Å². The Morgan fingerprint density at radius 1 is 1.62 bits per heavy atom. The first-order chi connectivity index (χ1) is 6.31. The molecule has 0 radical (unpaired) electrons. The zero-order chi connectivity index (χ0) is 9.26. The van der Waals surface area contributed by atoms with Gasteiger partial charge in [0.05, 0.1) is 12.6 Å². The predicted molar refractivity (Wildman–Crippen MR) is 49.2 cm³/mol. The zero-order valence-electron chi connectivity index (χ0n) is 7.74. The van der Waals surface area contributed by atoms with Crippen LogP contribution in [-0.2, 0) is 9.53 Å². The normalized spacial score (nSPS) is 34.2. The van der Waals surface area contributed by atoms with Gasteiger partial charge in [-0.3, -0.25) is 4.79 Å². The lowest BCUT2D eigenvalue weighted by atomic mass is 10.1. The monoisotopic (exact) mass is 181 g/mol. The minimum atomic E-state index is 0.264. The van der Waals surface area contributed by atoms with Gasteiger partial charge in [0.15, 0.2) is 0 Å². The molecule has 0 aromatic carbocycles. The number of ether oxygens (including phenoxy) is 1. The van der Waals surface area contributed by atoms with Crippen LogP contribution in [0, 0.1) is 5.92 Å². The second kappa shape index (κ2) is 3.50. The highest BCUT2D eigenvalue weighted by molar-refractivity contribution is 5.79. The highest BCUT2D eigenvalue weighted by atomic mass is 16.5. The Morgan fingerprint density at radius 2 is 2.46 bits per heavy atom. The number of amides is 1. The number of carbonyl (C=O) groups excluding carboxylic acids is 1. The summed E-state index contributed by atoms with van der Waals surface area (Å²) in [6.07, 6.45) is 3.52. The van der Waals surface area contributed by atoms with Crippen LogP contribution >= 0.6 is 0 Å². The fourth-order valence-electron chi connectivity index (χ4n) is 2.04. The van der Waals surface area contributed by atoms with Crippen LogP contribution in [0.1, 0.15) is 12.8 Å². The van der Waals surface area contributed by atoms with Gasteiger partial charge in [-0.25, -0.2) is 0 Å². The van der Waals surface area contributed by atoms with E-state index in [0.717, 1.165) is 26.2 Å². The van der Waals surface area contributed by atoms with Crippen LogP contribution in [-0.4, -0.2) is 36.6 Å². The molecule has 2 saturated heterocycles. The van der Waals surface area contributed by atoms with Crippen molar-refractivity contribution in [1.82, 2.24) is 4.90 Å². The Bertz CT molecular complexity index is 221. The zero-order valence-corrected chi connectivity index (χ0v) is 7.74. The molecular weight excluding hydrogens is 166 g/mol. The Labute approximate surface area is 78.4 Å². The third kappa shape index (κ3) is 1.61. The fraction of sp³-hybridized carbons (Fsp3) is 0.700. The first-order valence-electron chi connectivity index (χ1n) is 4.81. The maximum Gasteiger partial charge on any atom is 0.223 e. The molecule has 2 aliphatic rings. The summed E-state index contributed by atoms with van der Waals surface area (Å²) in [7, 11) is 0. The van der Waals surface area contributed by atoms with E-state index in [9.17, 15) is 4.79 Å². The molecule has 2 atom stereocenters. The van der Waals surface area contributed by atoms with E-state index in [4.69, 9.17) is 4.74 Å². The van der Waals surface area contributed by atoms with Crippen molar-refractivity contribution in [2.45, 2.75) is 18.9 Å². The molecule has 0 spiro atoms. The van der Waals surface area contributed by atoms with Crippen molar-refractivity contribution in [2.24, 2.45) is 5.92 Å². The molecule has 2 heterocycles. The van der Waals surface area contributed by atoms with E-state index in [1.165, 1.54) is 0 Å². The van der Waals surface area contributed by atoms with E-state index in [1.807, 2.05) is 11.0 Å².